The molecule has 0 spiro atoms. The maximum Gasteiger partial charge on any atom is 0.290 e. The molecule has 2 aromatic heterocycles. The number of hydrogen-bond donors (Lipinski definition) is 2. The van der Waals surface area contributed by atoms with Crippen molar-refractivity contribution in [1.82, 2.24) is 4.98 Å². The second-order valence-corrected chi connectivity index (χ2v) is 6.73. The quantitative estimate of drug-likeness (QED) is 0.325. The van der Waals surface area contributed by atoms with Crippen molar-refractivity contribution in [2.24, 2.45) is 5.16 Å². The van der Waals surface area contributed by atoms with Crippen molar-refractivity contribution in [2.75, 3.05) is 5.32 Å². The Labute approximate surface area is 157 Å². The van der Waals surface area contributed by atoms with Gasteiger partial charge in [0.15, 0.2) is 12.4 Å². The minimum Gasteiger partial charge on any atom is -0.411 e. The topological polar surface area (TPSA) is 78.5 Å². The van der Waals surface area contributed by atoms with Crippen LogP contribution in [0.5, 0.6) is 0 Å². The molecule has 1 aliphatic rings. The first kappa shape index (κ1) is 17.1. The molecular formula is C21H21N4O2+. The highest BCUT2D eigenvalue weighted by Gasteiger charge is 2.20. The van der Waals surface area contributed by atoms with Crippen LogP contribution in [0.1, 0.15) is 29.7 Å². The molecule has 0 fully saturated rings. The van der Waals surface area contributed by atoms with Gasteiger partial charge in [-0.05, 0) is 37.3 Å². The van der Waals surface area contributed by atoms with Crippen LogP contribution in [0.2, 0.25) is 0 Å². The van der Waals surface area contributed by atoms with Crippen molar-refractivity contribution >= 4 is 28.7 Å². The van der Waals surface area contributed by atoms with Gasteiger partial charge in [-0.25, -0.2) is 0 Å². The second kappa shape index (κ2) is 7.53. The zero-order chi connectivity index (χ0) is 18.6. The number of anilines is 1. The Morgan fingerprint density at radius 1 is 1.19 bits per heavy atom. The molecule has 2 N–H and O–H groups in total. The molecule has 136 valence electrons. The number of nitrogens with one attached hydrogen (secondary N) is 1. The monoisotopic (exact) mass is 361 g/mol. The van der Waals surface area contributed by atoms with Crippen molar-refractivity contribution in [1.29, 1.82) is 0 Å². The number of aryl methyl sites for hydroxylation is 1. The van der Waals surface area contributed by atoms with E-state index in [0.29, 0.717) is 0 Å². The van der Waals surface area contributed by atoms with Crippen LogP contribution in [0.15, 0.2) is 53.9 Å². The van der Waals surface area contributed by atoms with E-state index in [1.165, 1.54) is 11.8 Å². The molecule has 0 saturated heterocycles. The van der Waals surface area contributed by atoms with E-state index in [9.17, 15) is 4.79 Å². The summed E-state index contributed by atoms with van der Waals surface area (Å²) in [6.07, 6.45) is 9.10. The summed E-state index contributed by atoms with van der Waals surface area (Å²) in [5, 5.41) is 15.7. The molecule has 0 unspecified atom stereocenters. The summed E-state index contributed by atoms with van der Waals surface area (Å²) in [6, 6.07) is 11.5. The van der Waals surface area contributed by atoms with Gasteiger partial charge in [-0.3, -0.25) is 9.78 Å². The summed E-state index contributed by atoms with van der Waals surface area (Å²) >= 11 is 0. The van der Waals surface area contributed by atoms with E-state index in [1.807, 2.05) is 24.3 Å². The Kier molecular flexibility index (Phi) is 4.78. The number of rotatable bonds is 4. The van der Waals surface area contributed by atoms with Crippen LogP contribution < -0.4 is 9.88 Å². The first-order chi connectivity index (χ1) is 13.2. The Hall–Kier alpha value is -3.28. The minimum absolute atomic E-state index is 0.0762. The van der Waals surface area contributed by atoms with Gasteiger partial charge in [-0.1, -0.05) is 23.4 Å². The average Bonchev–Trinajstić information content (AvgIpc) is 2.69. The number of fused-ring (bicyclic) bond motifs is 2. The van der Waals surface area contributed by atoms with Gasteiger partial charge in [-0.2, -0.15) is 4.57 Å². The van der Waals surface area contributed by atoms with Crippen LogP contribution in [0, 0.1) is 0 Å². The van der Waals surface area contributed by atoms with E-state index in [2.05, 4.69) is 10.5 Å². The van der Waals surface area contributed by atoms with E-state index >= 15 is 0 Å². The summed E-state index contributed by atoms with van der Waals surface area (Å²) in [5.41, 5.74) is 4.88. The third-order valence-electron chi connectivity index (χ3n) is 4.88. The summed E-state index contributed by atoms with van der Waals surface area (Å²) in [6.45, 7) is 0.210. The van der Waals surface area contributed by atoms with Crippen molar-refractivity contribution in [3.05, 3.63) is 65.6 Å². The number of benzene rings is 1. The number of nitrogens with zero attached hydrogens (tertiary/aromatic N) is 3. The normalized spacial score (nSPS) is 13.6. The summed E-state index contributed by atoms with van der Waals surface area (Å²) < 4.78 is 1.79. The summed E-state index contributed by atoms with van der Waals surface area (Å²) in [5.74, 6) is -0.0762. The van der Waals surface area contributed by atoms with Gasteiger partial charge < -0.3 is 10.5 Å². The van der Waals surface area contributed by atoms with Gasteiger partial charge >= 0.3 is 0 Å². The van der Waals surface area contributed by atoms with Crippen molar-refractivity contribution in [3.63, 3.8) is 0 Å². The third-order valence-corrected chi connectivity index (χ3v) is 4.88. The second-order valence-electron chi connectivity index (χ2n) is 6.73. The molecular weight excluding hydrogens is 340 g/mol. The molecule has 2 heterocycles. The number of carbonyl (C=O) groups excluding carboxylic acids is 1. The highest BCUT2D eigenvalue weighted by atomic mass is 16.4. The number of pyridine rings is 2. The van der Waals surface area contributed by atoms with E-state index in [0.717, 1.165) is 53.5 Å². The molecule has 0 radical (unpaired) electrons. The van der Waals surface area contributed by atoms with Crippen LogP contribution >= 0.6 is 0 Å². The number of para-hydroxylation sites is 1. The summed E-state index contributed by atoms with van der Waals surface area (Å²) in [7, 11) is 0. The molecule has 1 aromatic carbocycles. The SMILES string of the molecule is O=C(C[n+]1ccc(/C=N/O)cc1)Nc1c2c(nc3ccccc13)CCCC2. The lowest BCUT2D eigenvalue weighted by Gasteiger charge is -2.20. The molecule has 3 aromatic rings. The Balaban J connectivity index is 1.61. The lowest BCUT2D eigenvalue weighted by atomic mass is 9.92. The number of amides is 1. The Morgan fingerprint density at radius 3 is 2.78 bits per heavy atom. The lowest BCUT2D eigenvalue weighted by Crippen LogP contribution is -2.39. The third kappa shape index (κ3) is 3.65. The molecule has 1 amide bonds. The maximum atomic E-state index is 12.7. The molecule has 0 saturated carbocycles. The number of aromatic nitrogens is 2. The minimum atomic E-state index is -0.0762. The molecule has 6 heteroatoms. The molecule has 27 heavy (non-hydrogen) atoms. The van der Waals surface area contributed by atoms with Crippen LogP contribution in [-0.4, -0.2) is 22.3 Å². The highest BCUT2D eigenvalue weighted by Crippen LogP contribution is 2.33. The molecule has 6 nitrogen and oxygen atoms in total. The largest absolute Gasteiger partial charge is 0.411 e. The first-order valence-electron chi connectivity index (χ1n) is 9.11. The van der Waals surface area contributed by atoms with Crippen molar-refractivity contribution in [3.8, 4) is 0 Å². The van der Waals surface area contributed by atoms with Gasteiger partial charge in [0.05, 0.1) is 17.4 Å². The highest BCUT2D eigenvalue weighted by molar-refractivity contribution is 6.02. The van der Waals surface area contributed by atoms with Crippen molar-refractivity contribution in [2.45, 2.75) is 32.2 Å². The van der Waals surface area contributed by atoms with Crippen LogP contribution in [0.25, 0.3) is 10.9 Å². The van der Waals surface area contributed by atoms with E-state index in [4.69, 9.17) is 10.2 Å². The van der Waals surface area contributed by atoms with E-state index in [-0.39, 0.29) is 12.5 Å². The van der Waals surface area contributed by atoms with Crippen LogP contribution in [-0.2, 0) is 24.2 Å². The average molecular weight is 361 g/mol. The van der Waals surface area contributed by atoms with Crippen molar-refractivity contribution < 1.29 is 14.6 Å². The van der Waals surface area contributed by atoms with Crippen LogP contribution in [0.3, 0.4) is 0 Å². The number of hydrogen-bond acceptors (Lipinski definition) is 4. The molecule has 0 atom stereocenters. The van der Waals surface area contributed by atoms with E-state index < -0.39 is 0 Å². The fourth-order valence-electron chi connectivity index (χ4n) is 3.59. The Morgan fingerprint density at radius 2 is 1.96 bits per heavy atom. The van der Waals surface area contributed by atoms with Gasteiger partial charge in [0, 0.05) is 28.8 Å². The van der Waals surface area contributed by atoms with Gasteiger partial charge in [0.25, 0.3) is 5.91 Å². The molecule has 0 bridgehead atoms. The summed E-state index contributed by atoms with van der Waals surface area (Å²) in [4.78, 5) is 17.5. The van der Waals surface area contributed by atoms with Gasteiger partial charge in [-0.15, -0.1) is 0 Å². The van der Waals surface area contributed by atoms with Gasteiger partial charge in [0.2, 0.25) is 6.54 Å². The number of oxime groups is 1. The predicted octanol–water partition coefficient (Wildman–Crippen LogP) is 2.85. The zero-order valence-corrected chi connectivity index (χ0v) is 14.9. The molecule has 1 aliphatic carbocycles. The van der Waals surface area contributed by atoms with Crippen LogP contribution in [0.4, 0.5) is 5.69 Å². The molecule has 4 rings (SSSR count). The zero-order valence-electron chi connectivity index (χ0n) is 14.9. The van der Waals surface area contributed by atoms with Gasteiger partial charge in [0.1, 0.15) is 0 Å². The first-order valence-corrected chi connectivity index (χ1v) is 9.11. The lowest BCUT2D eigenvalue weighted by molar-refractivity contribution is -0.684. The smallest absolute Gasteiger partial charge is 0.290 e. The number of carbonyl (C=O) groups is 1. The van der Waals surface area contributed by atoms with E-state index in [1.54, 1.807) is 29.1 Å². The maximum absolute atomic E-state index is 12.7. The molecule has 0 aliphatic heterocycles. The fraction of sp³-hybridized carbons (Fsp3) is 0.238. The fourth-order valence-corrected chi connectivity index (χ4v) is 3.59. The standard InChI is InChI=1S/C21H20N4O2/c26-20(14-25-11-9-15(10-12-25)13-22-27)24-21-16-5-1-3-7-18(16)23-19-8-4-2-6-17(19)21/h1,3,5,7,9-13H,2,4,6,8,14H2,(H,23,24,26)/p+1. The predicted molar refractivity (Wildman–Crippen MR) is 103 cm³/mol. The Bertz CT molecular complexity index is 1010.